The van der Waals surface area contributed by atoms with Gasteiger partial charge in [0.2, 0.25) is 0 Å². The van der Waals surface area contributed by atoms with E-state index in [1.807, 2.05) is 0 Å². The number of methoxy groups -OCH3 is 1. The Balaban J connectivity index is 1.85. The van der Waals surface area contributed by atoms with Crippen LogP contribution in [0.25, 0.3) is 0 Å². The number of hydrogen-bond donors (Lipinski definition) is 1. The first-order valence-electron chi connectivity index (χ1n) is 10.9. The normalized spacial score (nSPS) is 44.4. The number of aliphatic hydroxyl groups excluding tert-OH is 1. The van der Waals surface area contributed by atoms with E-state index in [2.05, 4.69) is 6.58 Å². The van der Waals surface area contributed by atoms with Gasteiger partial charge in [0, 0.05) is 12.5 Å². The van der Waals surface area contributed by atoms with Crippen LogP contribution in [0.4, 0.5) is 0 Å². The number of epoxide rings is 2. The third kappa shape index (κ3) is 3.81. The minimum Gasteiger partial charge on any atom is -0.466 e. The molecule has 0 radical (unpaired) electrons. The number of rotatable bonds is 4. The van der Waals surface area contributed by atoms with E-state index in [0.717, 1.165) is 14.0 Å². The Morgan fingerprint density at radius 2 is 1.85 bits per heavy atom. The van der Waals surface area contributed by atoms with Gasteiger partial charge in [-0.25, -0.2) is 14.4 Å². The summed E-state index contributed by atoms with van der Waals surface area (Å²) in [7, 11) is 1.14. The second-order valence-electron chi connectivity index (χ2n) is 9.31. The summed E-state index contributed by atoms with van der Waals surface area (Å²) in [5.74, 6) is -4.22. The number of fused-ring (bicyclic) bond motifs is 3. The molecule has 4 aliphatic rings. The first-order chi connectivity index (χ1) is 15.8. The molecule has 0 aromatic carbocycles. The first kappa shape index (κ1) is 24.4. The Hall–Kier alpha value is -2.76. The minimum atomic E-state index is -1.49. The quantitative estimate of drug-likeness (QED) is 0.253. The number of aliphatic hydroxyl groups is 1. The van der Waals surface area contributed by atoms with E-state index in [1.165, 1.54) is 13.0 Å². The van der Waals surface area contributed by atoms with Crippen molar-refractivity contribution in [1.29, 1.82) is 0 Å². The summed E-state index contributed by atoms with van der Waals surface area (Å²) in [6, 6.07) is 0. The van der Waals surface area contributed by atoms with E-state index in [9.17, 15) is 24.3 Å². The molecule has 9 atom stereocenters. The average Bonchev–Trinajstić information content (AvgIpc) is 3.61. The summed E-state index contributed by atoms with van der Waals surface area (Å²) in [6.07, 6.45) is -4.86. The summed E-state index contributed by atoms with van der Waals surface area (Å²) in [6.45, 7) is 9.80. The fourth-order valence-corrected chi connectivity index (χ4v) is 4.65. The van der Waals surface area contributed by atoms with Crippen LogP contribution in [0.15, 0.2) is 23.8 Å². The van der Waals surface area contributed by atoms with Crippen LogP contribution < -0.4 is 0 Å². The van der Waals surface area contributed by atoms with Crippen molar-refractivity contribution in [2.75, 3.05) is 7.11 Å². The van der Waals surface area contributed by atoms with Gasteiger partial charge in [-0.2, -0.15) is 0 Å². The zero-order valence-electron chi connectivity index (χ0n) is 19.6. The second kappa shape index (κ2) is 8.17. The van der Waals surface area contributed by atoms with Gasteiger partial charge < -0.3 is 33.5 Å². The van der Waals surface area contributed by atoms with Crippen LogP contribution in [0.5, 0.6) is 0 Å². The standard InChI is InChI=1S/C23H28O11/c1-9-14-16(32-21(28)22(4)10(2)33-22)15(30-11(3)24)12(20(27)29-6)7-8-13(25)23(5)18(34-23)17(14)31-19(9)26/h7,10,13-18,25H,1,8H2,2-6H3/b12-7+/t10-,13+,14+,15+,16-,17-,18+,22-,23-/m0/s1. The van der Waals surface area contributed by atoms with E-state index in [-0.39, 0.29) is 17.6 Å². The van der Waals surface area contributed by atoms with Crippen molar-refractivity contribution in [3.63, 3.8) is 0 Å². The molecule has 4 rings (SSSR count). The van der Waals surface area contributed by atoms with Crippen LogP contribution in [0.3, 0.4) is 0 Å². The minimum absolute atomic E-state index is 0.0491. The van der Waals surface area contributed by atoms with Crippen molar-refractivity contribution in [3.05, 3.63) is 23.8 Å². The van der Waals surface area contributed by atoms with Gasteiger partial charge in [0.15, 0.2) is 17.8 Å². The monoisotopic (exact) mass is 480 g/mol. The predicted molar refractivity (Wildman–Crippen MR) is 111 cm³/mol. The van der Waals surface area contributed by atoms with Crippen molar-refractivity contribution in [1.82, 2.24) is 0 Å². The van der Waals surface area contributed by atoms with Gasteiger partial charge in [-0.1, -0.05) is 12.7 Å². The molecule has 0 unspecified atom stereocenters. The second-order valence-corrected chi connectivity index (χ2v) is 9.31. The molecule has 11 nitrogen and oxygen atoms in total. The Kier molecular flexibility index (Phi) is 5.86. The van der Waals surface area contributed by atoms with E-state index in [4.69, 9.17) is 28.4 Å². The first-order valence-corrected chi connectivity index (χ1v) is 10.9. The number of hydrogen-bond acceptors (Lipinski definition) is 11. The number of carbonyl (C=O) groups is 4. The fourth-order valence-electron chi connectivity index (χ4n) is 4.65. The molecule has 3 aliphatic heterocycles. The largest absolute Gasteiger partial charge is 0.466 e. The van der Waals surface area contributed by atoms with Gasteiger partial charge >= 0.3 is 23.9 Å². The van der Waals surface area contributed by atoms with Crippen molar-refractivity contribution in [2.24, 2.45) is 5.92 Å². The SMILES string of the molecule is C=C1C(=O)O[C@H]2[C@H]1[C@H](OC(=O)[C@@]1(C)O[C@H]1C)[C@H](OC(C)=O)/C(C(=O)OC)=C\C[C@@H](O)[C@]1(C)O[C@H]21. The highest BCUT2D eigenvalue weighted by molar-refractivity contribution is 5.93. The van der Waals surface area contributed by atoms with Crippen LogP contribution in [-0.4, -0.2) is 83.9 Å². The highest BCUT2D eigenvalue weighted by Gasteiger charge is 2.68. The number of carbonyl (C=O) groups excluding carboxylic acids is 4. The molecule has 3 heterocycles. The van der Waals surface area contributed by atoms with Gasteiger partial charge in [-0.15, -0.1) is 0 Å². The van der Waals surface area contributed by atoms with E-state index in [1.54, 1.807) is 13.8 Å². The molecular weight excluding hydrogens is 452 g/mol. The maximum atomic E-state index is 13.1. The maximum Gasteiger partial charge on any atom is 0.341 e. The molecule has 0 saturated carbocycles. The average molecular weight is 480 g/mol. The Labute approximate surface area is 195 Å². The lowest BCUT2D eigenvalue weighted by Crippen LogP contribution is -2.50. The molecule has 34 heavy (non-hydrogen) atoms. The van der Waals surface area contributed by atoms with Crippen LogP contribution in [0.1, 0.15) is 34.1 Å². The van der Waals surface area contributed by atoms with Crippen molar-refractivity contribution < 1.29 is 52.7 Å². The summed E-state index contributed by atoms with van der Waals surface area (Å²) in [4.78, 5) is 50.5. The van der Waals surface area contributed by atoms with Crippen molar-refractivity contribution in [2.45, 2.75) is 81.9 Å². The molecule has 3 fully saturated rings. The lowest BCUT2D eigenvalue weighted by Gasteiger charge is -2.34. The molecule has 186 valence electrons. The lowest BCUT2D eigenvalue weighted by molar-refractivity contribution is -0.175. The van der Waals surface area contributed by atoms with Crippen molar-refractivity contribution in [3.8, 4) is 0 Å². The molecule has 1 aliphatic carbocycles. The number of ether oxygens (including phenoxy) is 6. The van der Waals surface area contributed by atoms with Crippen molar-refractivity contribution >= 4 is 23.9 Å². The van der Waals surface area contributed by atoms with Crippen LogP contribution in [0.2, 0.25) is 0 Å². The molecule has 0 amide bonds. The van der Waals surface area contributed by atoms with Crippen LogP contribution in [-0.2, 0) is 47.6 Å². The van der Waals surface area contributed by atoms with E-state index in [0.29, 0.717) is 0 Å². The fraction of sp³-hybridized carbons (Fsp3) is 0.652. The topological polar surface area (TPSA) is 150 Å². The van der Waals surface area contributed by atoms with Crippen LogP contribution >= 0.6 is 0 Å². The molecule has 0 aromatic heterocycles. The number of esters is 4. The Morgan fingerprint density at radius 3 is 2.41 bits per heavy atom. The summed E-state index contributed by atoms with van der Waals surface area (Å²) in [5.41, 5.74) is -2.55. The third-order valence-corrected chi connectivity index (χ3v) is 7.13. The van der Waals surface area contributed by atoms with E-state index < -0.39 is 77.6 Å². The zero-order chi connectivity index (χ0) is 25.2. The van der Waals surface area contributed by atoms with Gasteiger partial charge in [-0.3, -0.25) is 4.79 Å². The van der Waals surface area contributed by atoms with Gasteiger partial charge in [0.25, 0.3) is 0 Å². The third-order valence-electron chi connectivity index (χ3n) is 7.13. The maximum absolute atomic E-state index is 13.1. The van der Waals surface area contributed by atoms with Crippen LogP contribution in [0, 0.1) is 5.92 Å². The summed E-state index contributed by atoms with van der Waals surface area (Å²) < 4.78 is 32.8. The smallest absolute Gasteiger partial charge is 0.341 e. The predicted octanol–water partition coefficient (Wildman–Crippen LogP) is 0.127. The molecule has 0 bridgehead atoms. The van der Waals surface area contributed by atoms with Gasteiger partial charge in [0.1, 0.15) is 17.8 Å². The Morgan fingerprint density at radius 1 is 1.21 bits per heavy atom. The molecular formula is C23H28O11. The highest BCUT2D eigenvalue weighted by Crippen LogP contribution is 2.51. The molecule has 3 saturated heterocycles. The van der Waals surface area contributed by atoms with Gasteiger partial charge in [0.05, 0.1) is 30.8 Å². The molecule has 1 N–H and O–H groups in total. The molecule has 0 aromatic rings. The zero-order valence-corrected chi connectivity index (χ0v) is 19.6. The molecule has 11 heteroatoms. The lowest BCUT2D eigenvalue weighted by atomic mass is 9.79. The summed E-state index contributed by atoms with van der Waals surface area (Å²) >= 11 is 0. The highest BCUT2D eigenvalue weighted by atomic mass is 16.7. The van der Waals surface area contributed by atoms with E-state index >= 15 is 0 Å². The summed E-state index contributed by atoms with van der Waals surface area (Å²) in [5, 5.41) is 10.8. The Bertz CT molecular complexity index is 985. The van der Waals surface area contributed by atoms with Gasteiger partial charge in [-0.05, 0) is 27.2 Å². The molecule has 0 spiro atoms.